The molecule has 0 fully saturated rings. The molecule has 0 aliphatic rings. The van der Waals surface area contributed by atoms with E-state index in [1.165, 1.54) is 0 Å². The molecule has 0 bridgehead atoms. The molecule has 0 saturated heterocycles. The molecule has 1 N–H and O–H groups in total. The summed E-state index contributed by atoms with van der Waals surface area (Å²) in [7, 11) is -3.78. The van der Waals surface area contributed by atoms with Crippen molar-refractivity contribution in [2.75, 3.05) is 5.75 Å². The smallest absolute Gasteiger partial charge is 0.265 e. The fourth-order valence-corrected chi connectivity index (χ4v) is 0.984. The summed E-state index contributed by atoms with van der Waals surface area (Å²) < 4.78 is 28.5. The summed E-state index contributed by atoms with van der Waals surface area (Å²) in [5, 5.41) is 0. The Labute approximate surface area is 62.2 Å². The summed E-state index contributed by atoms with van der Waals surface area (Å²) in [5.41, 5.74) is 0. The minimum Gasteiger partial charge on any atom is -0.286 e. The topological polar surface area (TPSA) is 54.4 Å². The van der Waals surface area contributed by atoms with Crippen molar-refractivity contribution in [3.8, 4) is 0 Å². The van der Waals surface area contributed by atoms with Crippen molar-refractivity contribution in [1.29, 1.82) is 0 Å². The Kier molecular flexibility index (Phi) is 3.89. The maximum atomic E-state index is 10.1. The molecule has 0 aliphatic heterocycles. The molecule has 0 amide bonds. The average Bonchev–Trinajstić information content (AvgIpc) is 1.59. The lowest BCUT2D eigenvalue weighted by Crippen LogP contribution is -2.05. The quantitative estimate of drug-likeness (QED) is 0.635. The first-order chi connectivity index (χ1) is 4.42. The van der Waals surface area contributed by atoms with Crippen molar-refractivity contribution in [3.63, 3.8) is 0 Å². The number of rotatable bonds is 4. The van der Waals surface area contributed by atoms with Gasteiger partial charge in [0.25, 0.3) is 10.1 Å². The van der Waals surface area contributed by atoms with Crippen LogP contribution in [0.15, 0.2) is 0 Å². The minimum absolute atomic E-state index is 0.231. The Morgan fingerprint density at radius 3 is 2.30 bits per heavy atom. The van der Waals surface area contributed by atoms with E-state index in [1.807, 2.05) is 13.8 Å². The molecule has 0 rings (SSSR count). The van der Waals surface area contributed by atoms with Gasteiger partial charge in [-0.2, -0.15) is 8.42 Å². The summed E-state index contributed by atoms with van der Waals surface area (Å²) in [4.78, 5) is 0. The highest BCUT2D eigenvalue weighted by molar-refractivity contribution is 7.85. The van der Waals surface area contributed by atoms with Gasteiger partial charge in [0.1, 0.15) is 0 Å². The molecule has 0 aromatic heterocycles. The first-order valence-corrected chi connectivity index (χ1v) is 4.79. The second-order valence-electron chi connectivity index (χ2n) is 2.67. The highest BCUT2D eigenvalue weighted by Crippen LogP contribution is 2.03. The molecule has 4 heteroatoms. The summed E-state index contributed by atoms with van der Waals surface area (Å²) in [6, 6.07) is 0. The van der Waals surface area contributed by atoms with E-state index in [-0.39, 0.29) is 5.75 Å². The highest BCUT2D eigenvalue weighted by Gasteiger charge is 2.04. The van der Waals surface area contributed by atoms with E-state index >= 15 is 0 Å². The molecule has 0 saturated carbocycles. The van der Waals surface area contributed by atoms with Crippen LogP contribution in [0, 0.1) is 12.3 Å². The first kappa shape index (κ1) is 9.91. The standard InChI is InChI=1S/C6H13O3S/c1-6(2)4-3-5-10(7,8)9/h3,6H,4-5H2,1-2H3,(H,7,8,9). The van der Waals surface area contributed by atoms with Crippen LogP contribution in [-0.2, 0) is 10.1 Å². The SMILES string of the molecule is CC(C)C[CH]CS(=O)(=O)O. The van der Waals surface area contributed by atoms with E-state index in [1.54, 1.807) is 6.42 Å². The second-order valence-corrected chi connectivity index (χ2v) is 4.16. The van der Waals surface area contributed by atoms with Crippen molar-refractivity contribution >= 4 is 10.1 Å². The molecule has 0 aromatic carbocycles. The largest absolute Gasteiger partial charge is 0.286 e. The minimum atomic E-state index is -3.78. The molecular formula is C6H13O3S. The van der Waals surface area contributed by atoms with Crippen LogP contribution in [-0.4, -0.2) is 18.7 Å². The Bertz CT molecular complexity index is 169. The van der Waals surface area contributed by atoms with Crippen molar-refractivity contribution in [2.24, 2.45) is 5.92 Å². The predicted molar refractivity (Wildman–Crippen MR) is 40.2 cm³/mol. The van der Waals surface area contributed by atoms with E-state index in [0.717, 1.165) is 6.42 Å². The van der Waals surface area contributed by atoms with Gasteiger partial charge in [0, 0.05) is 0 Å². The lowest BCUT2D eigenvalue weighted by atomic mass is 10.1. The normalized spacial score (nSPS) is 12.4. The highest BCUT2D eigenvalue weighted by atomic mass is 32.2. The van der Waals surface area contributed by atoms with E-state index in [9.17, 15) is 8.42 Å². The third-order valence-corrected chi connectivity index (χ3v) is 1.62. The van der Waals surface area contributed by atoms with E-state index < -0.39 is 10.1 Å². The number of hydrogen-bond acceptors (Lipinski definition) is 2. The molecule has 3 nitrogen and oxygen atoms in total. The van der Waals surface area contributed by atoms with E-state index in [0.29, 0.717) is 5.92 Å². The van der Waals surface area contributed by atoms with Gasteiger partial charge in [-0.1, -0.05) is 13.8 Å². The molecule has 0 atom stereocenters. The zero-order valence-corrected chi connectivity index (χ0v) is 7.06. The molecule has 0 aliphatic carbocycles. The van der Waals surface area contributed by atoms with Crippen molar-refractivity contribution in [1.82, 2.24) is 0 Å². The van der Waals surface area contributed by atoms with Crippen molar-refractivity contribution < 1.29 is 13.0 Å². The molecule has 0 unspecified atom stereocenters. The van der Waals surface area contributed by atoms with Crippen LogP contribution in [0.1, 0.15) is 20.3 Å². The first-order valence-electron chi connectivity index (χ1n) is 3.18. The van der Waals surface area contributed by atoms with Crippen molar-refractivity contribution in [3.05, 3.63) is 6.42 Å². The molecule has 61 valence electrons. The van der Waals surface area contributed by atoms with E-state index in [2.05, 4.69) is 0 Å². The summed E-state index contributed by atoms with van der Waals surface area (Å²) in [6.07, 6.45) is 2.29. The van der Waals surface area contributed by atoms with Gasteiger partial charge in [-0.3, -0.25) is 4.55 Å². The Morgan fingerprint density at radius 2 is 2.00 bits per heavy atom. The summed E-state index contributed by atoms with van der Waals surface area (Å²) in [5.74, 6) is 0.215. The summed E-state index contributed by atoms with van der Waals surface area (Å²) in [6.45, 7) is 3.97. The van der Waals surface area contributed by atoms with Crippen LogP contribution in [0.25, 0.3) is 0 Å². The Balaban J connectivity index is 3.39. The van der Waals surface area contributed by atoms with Crippen LogP contribution in [0.2, 0.25) is 0 Å². The van der Waals surface area contributed by atoms with Gasteiger partial charge in [0.05, 0.1) is 5.75 Å². The molecular weight excluding hydrogens is 152 g/mol. The van der Waals surface area contributed by atoms with Crippen LogP contribution in [0.3, 0.4) is 0 Å². The lowest BCUT2D eigenvalue weighted by molar-refractivity contribution is 0.483. The van der Waals surface area contributed by atoms with Gasteiger partial charge in [-0.25, -0.2) is 0 Å². The molecule has 10 heavy (non-hydrogen) atoms. The molecule has 0 heterocycles. The van der Waals surface area contributed by atoms with Gasteiger partial charge < -0.3 is 0 Å². The van der Waals surface area contributed by atoms with Crippen LogP contribution in [0.5, 0.6) is 0 Å². The fourth-order valence-electron chi connectivity index (χ4n) is 0.550. The maximum Gasteiger partial charge on any atom is 0.265 e. The fraction of sp³-hybridized carbons (Fsp3) is 0.833. The molecule has 1 radical (unpaired) electrons. The van der Waals surface area contributed by atoms with Gasteiger partial charge in [0.15, 0.2) is 0 Å². The van der Waals surface area contributed by atoms with Crippen LogP contribution in [0.4, 0.5) is 0 Å². The zero-order valence-electron chi connectivity index (χ0n) is 6.24. The van der Waals surface area contributed by atoms with Gasteiger partial charge in [-0.05, 0) is 18.8 Å². The van der Waals surface area contributed by atoms with Crippen molar-refractivity contribution in [2.45, 2.75) is 20.3 Å². The number of hydrogen-bond donors (Lipinski definition) is 1. The summed E-state index contributed by atoms with van der Waals surface area (Å²) >= 11 is 0. The predicted octanol–water partition coefficient (Wildman–Crippen LogP) is 1.12. The third-order valence-electron chi connectivity index (χ3n) is 0.967. The maximum absolute atomic E-state index is 10.1. The monoisotopic (exact) mass is 165 g/mol. The molecule has 0 aromatic rings. The third kappa shape index (κ3) is 7.91. The second kappa shape index (κ2) is 3.93. The van der Waals surface area contributed by atoms with Gasteiger partial charge in [0.2, 0.25) is 0 Å². The Hall–Kier alpha value is -0.0900. The van der Waals surface area contributed by atoms with Gasteiger partial charge in [-0.15, -0.1) is 0 Å². The lowest BCUT2D eigenvalue weighted by Gasteiger charge is -2.00. The van der Waals surface area contributed by atoms with E-state index in [4.69, 9.17) is 4.55 Å². The Morgan fingerprint density at radius 1 is 1.50 bits per heavy atom. The molecule has 0 spiro atoms. The average molecular weight is 165 g/mol. The zero-order chi connectivity index (χ0) is 8.20. The van der Waals surface area contributed by atoms with Gasteiger partial charge >= 0.3 is 0 Å². The van der Waals surface area contributed by atoms with Crippen LogP contribution >= 0.6 is 0 Å². The van der Waals surface area contributed by atoms with Crippen LogP contribution < -0.4 is 0 Å².